The minimum Gasteiger partial charge on any atom is -0.283 e. The minimum atomic E-state index is -0.735. The van der Waals surface area contributed by atoms with Crippen molar-refractivity contribution in [2.24, 2.45) is 0 Å². The van der Waals surface area contributed by atoms with E-state index in [2.05, 4.69) is 0 Å². The van der Waals surface area contributed by atoms with Crippen molar-refractivity contribution in [3.63, 3.8) is 0 Å². The summed E-state index contributed by atoms with van der Waals surface area (Å²) >= 11 is 0. The van der Waals surface area contributed by atoms with Gasteiger partial charge in [-0.25, -0.2) is 0 Å². The predicted molar refractivity (Wildman–Crippen MR) is 52.5 cm³/mol. The van der Waals surface area contributed by atoms with Gasteiger partial charge in [-0.2, -0.15) is 0 Å². The normalized spacial score (nSPS) is 15.5. The summed E-state index contributed by atoms with van der Waals surface area (Å²) in [5, 5.41) is 0. The number of hydrogen-bond donors (Lipinski definition) is 0. The van der Waals surface area contributed by atoms with Crippen LogP contribution in [0.2, 0.25) is 0 Å². The molecule has 0 atom stereocenters. The topological polar surface area (TPSA) is 54.5 Å². The summed E-state index contributed by atoms with van der Waals surface area (Å²) < 4.78 is 0. The number of ketones is 1. The van der Waals surface area contributed by atoms with Gasteiger partial charge in [-0.1, -0.05) is 18.2 Å². The third-order valence-corrected chi connectivity index (χ3v) is 2.40. The van der Waals surface area contributed by atoms with E-state index in [1.165, 1.54) is 6.07 Å². The Labute approximate surface area is 86.5 Å². The zero-order chi connectivity index (χ0) is 11.0. The third kappa shape index (κ3) is 1.26. The van der Waals surface area contributed by atoms with Crippen LogP contribution in [0, 0.1) is 0 Å². The lowest BCUT2D eigenvalue weighted by Gasteiger charge is -2.23. The van der Waals surface area contributed by atoms with E-state index in [0.717, 1.165) is 4.90 Å². The fraction of sp³-hybridized carbons (Fsp3) is 0.182. The van der Waals surface area contributed by atoms with Crippen LogP contribution in [0.3, 0.4) is 0 Å². The highest BCUT2D eigenvalue weighted by Gasteiger charge is 2.36. The number of likely N-dealkylation sites (N-methyl/N-ethyl adjacent to an activating group) is 1. The Morgan fingerprint density at radius 2 is 1.60 bits per heavy atom. The van der Waals surface area contributed by atoms with Crippen LogP contribution < -0.4 is 0 Å². The molecule has 0 saturated carbocycles. The zero-order valence-corrected chi connectivity index (χ0v) is 8.19. The molecule has 0 bridgehead atoms. The number of nitrogens with zero attached hydrogens (tertiary/aromatic N) is 1. The largest absolute Gasteiger partial charge is 0.301 e. The van der Waals surface area contributed by atoms with E-state index < -0.39 is 17.6 Å². The predicted octanol–water partition coefficient (Wildman–Crippen LogP) is 0.872. The van der Waals surface area contributed by atoms with Gasteiger partial charge in [0.2, 0.25) is 0 Å². The Morgan fingerprint density at radius 1 is 1.00 bits per heavy atom. The molecule has 4 heteroatoms. The highest BCUT2D eigenvalue weighted by Crippen LogP contribution is 2.19. The van der Waals surface area contributed by atoms with Crippen molar-refractivity contribution in [1.82, 2.24) is 4.90 Å². The molecule has 0 radical (unpaired) electrons. The first kappa shape index (κ1) is 9.58. The Morgan fingerprint density at radius 3 is 2.20 bits per heavy atom. The molecule has 1 aromatic carbocycles. The van der Waals surface area contributed by atoms with Crippen molar-refractivity contribution in [1.29, 1.82) is 0 Å². The lowest BCUT2D eigenvalue weighted by Crippen LogP contribution is -2.45. The molecule has 0 spiro atoms. The van der Waals surface area contributed by atoms with Crippen LogP contribution in [0.1, 0.15) is 27.6 Å². The number of amides is 2. The number of rotatable bonds is 1. The van der Waals surface area contributed by atoms with Crippen LogP contribution in [-0.2, 0) is 4.79 Å². The SMILES string of the molecule is CCN1C(=O)C(=O)c2ccccc2C1=O. The highest BCUT2D eigenvalue weighted by molar-refractivity contribution is 6.49. The molecular formula is C11H9NO3. The van der Waals surface area contributed by atoms with Gasteiger partial charge in [-0.3, -0.25) is 19.3 Å². The molecule has 2 rings (SSSR count). The van der Waals surface area contributed by atoms with Crippen molar-refractivity contribution < 1.29 is 14.4 Å². The average molecular weight is 203 g/mol. The van der Waals surface area contributed by atoms with Crippen LogP contribution in [0.25, 0.3) is 0 Å². The number of fused-ring (bicyclic) bond motifs is 1. The van der Waals surface area contributed by atoms with E-state index in [9.17, 15) is 14.4 Å². The van der Waals surface area contributed by atoms with Gasteiger partial charge in [0.05, 0.1) is 5.56 Å². The number of Topliss-reactive ketones (excluding diaryl/α,β-unsaturated/α-hetero) is 1. The monoisotopic (exact) mass is 203 g/mol. The summed E-state index contributed by atoms with van der Waals surface area (Å²) in [5.41, 5.74) is 0.515. The van der Waals surface area contributed by atoms with E-state index in [-0.39, 0.29) is 12.1 Å². The number of carbonyl (C=O) groups is 3. The lowest BCUT2D eigenvalue weighted by atomic mass is 9.97. The Hall–Kier alpha value is -1.97. The molecule has 1 aromatic rings. The van der Waals surface area contributed by atoms with Crippen LogP contribution in [-0.4, -0.2) is 29.0 Å². The lowest BCUT2D eigenvalue weighted by molar-refractivity contribution is -0.124. The second-order valence-corrected chi connectivity index (χ2v) is 3.23. The molecule has 0 aromatic heterocycles. The summed E-state index contributed by atoms with van der Waals surface area (Å²) in [6.45, 7) is 1.88. The fourth-order valence-corrected chi connectivity index (χ4v) is 1.63. The van der Waals surface area contributed by atoms with Gasteiger partial charge in [-0.15, -0.1) is 0 Å². The van der Waals surface area contributed by atoms with Gasteiger partial charge in [0.25, 0.3) is 11.7 Å². The summed E-state index contributed by atoms with van der Waals surface area (Å²) in [5.74, 6) is -1.73. The molecule has 1 heterocycles. The maximum absolute atomic E-state index is 11.8. The Kier molecular flexibility index (Phi) is 2.11. The molecule has 15 heavy (non-hydrogen) atoms. The van der Waals surface area contributed by atoms with E-state index in [4.69, 9.17) is 0 Å². The van der Waals surface area contributed by atoms with Crippen molar-refractivity contribution in [3.8, 4) is 0 Å². The van der Waals surface area contributed by atoms with Crippen LogP contribution in [0.15, 0.2) is 24.3 Å². The first-order valence-corrected chi connectivity index (χ1v) is 4.66. The smallest absolute Gasteiger partial charge is 0.283 e. The van der Waals surface area contributed by atoms with Crippen molar-refractivity contribution in [2.75, 3.05) is 6.54 Å². The van der Waals surface area contributed by atoms with E-state index in [0.29, 0.717) is 5.56 Å². The minimum absolute atomic E-state index is 0.206. The maximum atomic E-state index is 11.8. The highest BCUT2D eigenvalue weighted by atomic mass is 16.2. The van der Waals surface area contributed by atoms with Crippen molar-refractivity contribution >= 4 is 17.6 Å². The first-order valence-electron chi connectivity index (χ1n) is 4.66. The third-order valence-electron chi connectivity index (χ3n) is 2.40. The molecule has 1 aliphatic heterocycles. The van der Waals surface area contributed by atoms with Crippen LogP contribution in [0.4, 0.5) is 0 Å². The van der Waals surface area contributed by atoms with Gasteiger partial charge in [0, 0.05) is 12.1 Å². The maximum Gasteiger partial charge on any atom is 0.301 e. The molecule has 0 fully saturated rings. The zero-order valence-electron chi connectivity index (χ0n) is 8.19. The van der Waals surface area contributed by atoms with E-state index in [1.807, 2.05) is 0 Å². The summed E-state index contributed by atoms with van der Waals surface area (Å²) in [7, 11) is 0. The molecule has 0 aliphatic carbocycles. The molecule has 0 unspecified atom stereocenters. The number of benzene rings is 1. The second kappa shape index (κ2) is 3.31. The van der Waals surface area contributed by atoms with Gasteiger partial charge >= 0.3 is 5.91 Å². The van der Waals surface area contributed by atoms with Crippen molar-refractivity contribution in [2.45, 2.75) is 6.92 Å². The van der Waals surface area contributed by atoms with Crippen molar-refractivity contribution in [3.05, 3.63) is 35.4 Å². The Bertz CT molecular complexity index is 465. The van der Waals surface area contributed by atoms with Gasteiger partial charge < -0.3 is 0 Å². The first-order chi connectivity index (χ1) is 7.16. The molecule has 4 nitrogen and oxygen atoms in total. The number of hydrogen-bond acceptors (Lipinski definition) is 3. The molecule has 1 aliphatic rings. The number of carbonyl (C=O) groups excluding carboxylic acids is 3. The molecule has 76 valence electrons. The van der Waals surface area contributed by atoms with Gasteiger partial charge in [0.15, 0.2) is 0 Å². The molecule has 2 amide bonds. The van der Waals surface area contributed by atoms with Crippen LogP contribution >= 0.6 is 0 Å². The molecule has 0 saturated heterocycles. The summed E-state index contributed by atoms with van der Waals surface area (Å²) in [4.78, 5) is 35.8. The summed E-state index contributed by atoms with van der Waals surface area (Å²) in [6.07, 6.45) is 0. The number of imide groups is 1. The molecular weight excluding hydrogens is 194 g/mol. The van der Waals surface area contributed by atoms with Gasteiger partial charge in [0.1, 0.15) is 0 Å². The quantitative estimate of drug-likeness (QED) is 0.502. The van der Waals surface area contributed by atoms with Gasteiger partial charge in [-0.05, 0) is 13.0 Å². The fourth-order valence-electron chi connectivity index (χ4n) is 1.63. The summed E-state index contributed by atoms with van der Waals surface area (Å²) in [6, 6.07) is 6.37. The van der Waals surface area contributed by atoms with E-state index in [1.54, 1.807) is 25.1 Å². The molecule has 0 N–H and O–H groups in total. The Balaban J connectivity index is 2.62. The van der Waals surface area contributed by atoms with E-state index >= 15 is 0 Å². The average Bonchev–Trinajstić information content (AvgIpc) is 2.27. The van der Waals surface area contributed by atoms with Crippen LogP contribution in [0.5, 0.6) is 0 Å². The second-order valence-electron chi connectivity index (χ2n) is 3.23. The standard InChI is InChI=1S/C11H9NO3/c1-2-12-10(14)8-6-4-3-5-7(8)9(13)11(12)15/h3-6H,2H2,1H3.